The number of aryl methyl sites for hydroxylation is 6. The number of methoxy groups -OCH3 is 2. The van der Waals surface area contributed by atoms with Gasteiger partial charge in [0, 0.05) is 95.2 Å². The maximum absolute atomic E-state index is 6.07. The second-order valence-electron chi connectivity index (χ2n) is 16.4. The number of ether oxygens (including phenoxy) is 4. The van der Waals surface area contributed by atoms with Gasteiger partial charge in [-0.25, -0.2) is 0 Å². The Morgan fingerprint density at radius 1 is 0.371 bits per heavy atom. The molecule has 7 heteroatoms. The molecule has 0 saturated carbocycles. The number of hydrogen-bond acceptors (Lipinski definition) is 5. The van der Waals surface area contributed by atoms with Crippen LogP contribution in [0.3, 0.4) is 0 Å². The zero-order valence-corrected chi connectivity index (χ0v) is 47.2. The number of pyridine rings is 1. The minimum atomic E-state index is 0. The molecule has 0 aliphatic carbocycles. The molecule has 350 valence electrons. The van der Waals surface area contributed by atoms with Crippen molar-refractivity contribution in [3.63, 3.8) is 0 Å². The van der Waals surface area contributed by atoms with Gasteiger partial charge in [0.15, 0.2) is 0 Å². The molecule has 0 N–H and O–H groups in total. The molecular formula is C63H59NO4Y2-4. The summed E-state index contributed by atoms with van der Waals surface area (Å²) >= 11 is 0. The first kappa shape index (κ1) is 56.9. The molecule has 0 aliphatic rings. The summed E-state index contributed by atoms with van der Waals surface area (Å²) in [4.78, 5) is 4.63. The van der Waals surface area contributed by atoms with E-state index < -0.39 is 0 Å². The molecule has 1 heterocycles. The number of nitrogens with zero attached hydrogens (tertiary/aromatic N) is 1. The second kappa shape index (κ2) is 30.1. The fraction of sp³-hybridized carbons (Fsp3) is 0.159. The van der Waals surface area contributed by atoms with Crippen LogP contribution in [0.25, 0.3) is 11.1 Å². The quantitative estimate of drug-likeness (QED) is 0.121. The predicted molar refractivity (Wildman–Crippen MR) is 277 cm³/mol. The van der Waals surface area contributed by atoms with Gasteiger partial charge in [0.05, 0.1) is 14.2 Å². The molecule has 1 aromatic heterocycles. The van der Waals surface area contributed by atoms with Crippen molar-refractivity contribution in [1.82, 2.24) is 4.98 Å². The van der Waals surface area contributed by atoms with Crippen molar-refractivity contribution >= 4 is 0 Å². The Kier molecular flexibility index (Phi) is 24.5. The van der Waals surface area contributed by atoms with E-state index in [1.165, 1.54) is 38.9 Å². The summed E-state index contributed by atoms with van der Waals surface area (Å²) in [6.07, 6.45) is 3.62. The van der Waals surface area contributed by atoms with Crippen LogP contribution in [0.5, 0.6) is 34.5 Å². The first-order valence-corrected chi connectivity index (χ1v) is 22.6. The van der Waals surface area contributed by atoms with E-state index in [1.807, 2.05) is 128 Å². The van der Waals surface area contributed by atoms with Gasteiger partial charge in [0.1, 0.15) is 23.0 Å². The average molecular weight is 1070 g/mol. The van der Waals surface area contributed by atoms with E-state index in [4.69, 9.17) is 18.9 Å². The third-order valence-corrected chi connectivity index (χ3v) is 10.8. The standard InChI is InChI=1S/C26H22NO2.C23H23O2.2C7H7.2Y/c1-28-24-13-8-20(9-14-24)17-22-7-12-23(27-19-22)18-21-10-15-26(16-11-21)29-25-5-3-2-4-6-25;1-15-11-19(12-16(2)22(15)24-5)20-13-17(3)23(18(4)14-20)25-21-9-7-6-8-10-21;2*1-7-5-3-2-4-6-7;;/h3-16,19H,17-18H2,1H3;7-14H,1-5H3;2*3-6H,1H3;;/q4*-1;;. The number of rotatable bonds is 11. The summed E-state index contributed by atoms with van der Waals surface area (Å²) in [5.74, 6) is 5.21. The molecular weight excluding hydrogens is 1010 g/mol. The van der Waals surface area contributed by atoms with Gasteiger partial charge in [-0.3, -0.25) is 4.98 Å². The van der Waals surface area contributed by atoms with Crippen molar-refractivity contribution in [3.05, 3.63) is 268 Å². The molecule has 2 radical (unpaired) electrons. The molecule has 0 unspecified atom stereocenters. The Balaban J connectivity index is 0.000000234. The van der Waals surface area contributed by atoms with Crippen molar-refractivity contribution in [1.29, 1.82) is 0 Å². The summed E-state index contributed by atoms with van der Waals surface area (Å²) < 4.78 is 22.6. The molecule has 9 aromatic rings. The first-order chi connectivity index (χ1) is 33.1. The first-order valence-electron chi connectivity index (χ1n) is 22.6. The summed E-state index contributed by atoms with van der Waals surface area (Å²) in [5, 5.41) is 0. The molecule has 0 fully saturated rings. The zero-order chi connectivity index (χ0) is 48.1. The van der Waals surface area contributed by atoms with Gasteiger partial charge < -0.3 is 18.9 Å². The summed E-state index contributed by atoms with van der Waals surface area (Å²) in [7, 11) is 3.40. The zero-order valence-electron chi connectivity index (χ0n) is 41.5. The molecule has 0 aliphatic heterocycles. The van der Waals surface area contributed by atoms with Crippen molar-refractivity contribution in [3.8, 4) is 45.6 Å². The van der Waals surface area contributed by atoms with Gasteiger partial charge in [-0.2, -0.15) is 108 Å². The molecule has 0 spiro atoms. The molecule has 8 aromatic carbocycles. The van der Waals surface area contributed by atoms with E-state index in [0.717, 1.165) is 75.3 Å². The number of benzene rings is 8. The van der Waals surface area contributed by atoms with Crippen molar-refractivity contribution in [2.24, 2.45) is 0 Å². The van der Waals surface area contributed by atoms with Gasteiger partial charge in [-0.05, 0) is 139 Å². The topological polar surface area (TPSA) is 49.8 Å². The Labute approximate surface area is 467 Å². The molecule has 0 saturated heterocycles. The van der Waals surface area contributed by atoms with Crippen LogP contribution < -0.4 is 18.9 Å². The fourth-order valence-corrected chi connectivity index (χ4v) is 7.32. The van der Waals surface area contributed by atoms with E-state index in [0.29, 0.717) is 0 Å². The van der Waals surface area contributed by atoms with Gasteiger partial charge in [-0.1, -0.05) is 44.2 Å². The van der Waals surface area contributed by atoms with E-state index >= 15 is 0 Å². The van der Waals surface area contributed by atoms with Crippen LogP contribution in [0.1, 0.15) is 55.8 Å². The number of aromatic nitrogens is 1. The van der Waals surface area contributed by atoms with Crippen molar-refractivity contribution in [2.45, 2.75) is 54.4 Å². The van der Waals surface area contributed by atoms with E-state index in [2.05, 4.69) is 131 Å². The van der Waals surface area contributed by atoms with Crippen molar-refractivity contribution in [2.75, 3.05) is 14.2 Å². The maximum Gasteiger partial charge on any atom is 0.130 e. The van der Waals surface area contributed by atoms with Crippen LogP contribution >= 0.6 is 0 Å². The van der Waals surface area contributed by atoms with Crippen LogP contribution in [-0.2, 0) is 78.3 Å². The van der Waals surface area contributed by atoms with Crippen LogP contribution in [0, 0.1) is 65.8 Å². The maximum atomic E-state index is 6.07. The van der Waals surface area contributed by atoms with Gasteiger partial charge in [0.2, 0.25) is 0 Å². The minimum absolute atomic E-state index is 0. The monoisotopic (exact) mass is 1070 g/mol. The van der Waals surface area contributed by atoms with Crippen LogP contribution in [-0.4, -0.2) is 19.2 Å². The largest absolute Gasteiger partial charge is 0.497 e. The summed E-state index contributed by atoms with van der Waals surface area (Å²) in [6.45, 7) is 12.5. The molecule has 0 amide bonds. The molecule has 0 atom stereocenters. The van der Waals surface area contributed by atoms with Gasteiger partial charge in [-0.15, -0.1) is 24.3 Å². The third kappa shape index (κ3) is 18.6. The SMILES string of the molecule is COc1c(C)cc(-c2cc(C)c(Oc3cc[c-]cc3)c(C)c2)cc1C.COc1ccc(Cc2ccc(Cc3ccc(Oc4cc[c-]cc4)cc3)nc2)cc1.Cc1cc[c-]cc1.Cc1cc[c-]cc1.[Y].[Y]. The number of hydrogen-bond donors (Lipinski definition) is 0. The van der Waals surface area contributed by atoms with Crippen LogP contribution in [0.4, 0.5) is 0 Å². The average Bonchev–Trinajstić information content (AvgIpc) is 3.36. The van der Waals surface area contributed by atoms with Crippen molar-refractivity contribution < 1.29 is 84.4 Å². The van der Waals surface area contributed by atoms with Gasteiger partial charge in [0.25, 0.3) is 0 Å². The van der Waals surface area contributed by atoms with E-state index in [-0.39, 0.29) is 65.4 Å². The molecule has 0 bridgehead atoms. The van der Waals surface area contributed by atoms with Crippen LogP contribution in [0.15, 0.2) is 188 Å². The third-order valence-electron chi connectivity index (χ3n) is 10.8. The predicted octanol–water partition coefficient (Wildman–Crippen LogP) is 15.6. The smallest absolute Gasteiger partial charge is 0.130 e. The fourth-order valence-electron chi connectivity index (χ4n) is 7.32. The van der Waals surface area contributed by atoms with Crippen LogP contribution in [0.2, 0.25) is 0 Å². The second-order valence-corrected chi connectivity index (χ2v) is 16.4. The Hall–Kier alpha value is -5.68. The Bertz CT molecular complexity index is 2790. The summed E-state index contributed by atoms with van der Waals surface area (Å²) in [5.41, 5.74) is 14.2. The van der Waals surface area contributed by atoms with E-state index in [1.54, 1.807) is 14.2 Å². The Morgan fingerprint density at radius 2 is 0.743 bits per heavy atom. The molecule has 9 rings (SSSR count). The molecule has 5 nitrogen and oxygen atoms in total. The van der Waals surface area contributed by atoms with E-state index in [9.17, 15) is 0 Å². The van der Waals surface area contributed by atoms with Gasteiger partial charge >= 0.3 is 0 Å². The molecule has 70 heavy (non-hydrogen) atoms. The normalized spacial score (nSPS) is 9.89. The summed E-state index contributed by atoms with van der Waals surface area (Å²) in [6, 6.07) is 71.9. The Morgan fingerprint density at radius 3 is 1.13 bits per heavy atom. The minimum Gasteiger partial charge on any atom is -0.497 e.